The highest BCUT2D eigenvalue weighted by Crippen LogP contribution is 2.25. The Bertz CT molecular complexity index is 430. The van der Waals surface area contributed by atoms with Crippen molar-refractivity contribution in [2.75, 3.05) is 26.1 Å². The molecule has 0 amide bonds. The van der Waals surface area contributed by atoms with Gasteiger partial charge in [-0.2, -0.15) is 0 Å². The van der Waals surface area contributed by atoms with Crippen LogP contribution in [-0.2, 0) is 9.47 Å². The third-order valence-electron chi connectivity index (χ3n) is 2.81. The summed E-state index contributed by atoms with van der Waals surface area (Å²) < 4.78 is 15.6. The number of esters is 1. The standard InChI is InChI=1S/C12H16N2O4/c1-16-12(15)9-2-5-14-11(10(9)13)18-8-3-6-17-7-4-8/h2,5,8H,3-4,6-7,13H2,1H3. The number of hydrogen-bond donors (Lipinski definition) is 1. The zero-order valence-electron chi connectivity index (χ0n) is 10.2. The number of nitrogens with zero attached hydrogens (tertiary/aromatic N) is 1. The summed E-state index contributed by atoms with van der Waals surface area (Å²) in [5.41, 5.74) is 6.35. The molecule has 1 fully saturated rings. The second-order valence-corrected chi connectivity index (χ2v) is 4.00. The van der Waals surface area contributed by atoms with Gasteiger partial charge in [-0.15, -0.1) is 0 Å². The topological polar surface area (TPSA) is 83.7 Å². The first-order valence-corrected chi connectivity index (χ1v) is 5.79. The number of methoxy groups -OCH3 is 1. The minimum atomic E-state index is -0.494. The van der Waals surface area contributed by atoms with Gasteiger partial charge in [-0.05, 0) is 6.07 Å². The summed E-state index contributed by atoms with van der Waals surface area (Å²) in [5.74, 6) is -0.212. The quantitative estimate of drug-likeness (QED) is 0.808. The molecule has 6 nitrogen and oxygen atoms in total. The van der Waals surface area contributed by atoms with E-state index in [0.717, 1.165) is 12.8 Å². The molecule has 1 aromatic heterocycles. The highest BCUT2D eigenvalue weighted by Gasteiger charge is 2.20. The van der Waals surface area contributed by atoms with Crippen LogP contribution in [0.25, 0.3) is 0 Å². The maximum absolute atomic E-state index is 11.5. The number of nitrogen functional groups attached to an aromatic ring is 1. The van der Waals surface area contributed by atoms with Gasteiger partial charge in [0.25, 0.3) is 0 Å². The molecule has 98 valence electrons. The monoisotopic (exact) mass is 252 g/mol. The molecule has 1 aliphatic rings. The first-order chi connectivity index (χ1) is 8.72. The summed E-state index contributed by atoms with van der Waals surface area (Å²) in [6, 6.07) is 1.51. The van der Waals surface area contributed by atoms with Crippen molar-refractivity contribution < 1.29 is 19.0 Å². The van der Waals surface area contributed by atoms with Crippen LogP contribution >= 0.6 is 0 Å². The molecule has 2 N–H and O–H groups in total. The number of anilines is 1. The minimum absolute atomic E-state index is 0.0291. The zero-order valence-corrected chi connectivity index (χ0v) is 10.2. The van der Waals surface area contributed by atoms with Crippen LogP contribution in [0.5, 0.6) is 5.88 Å². The Balaban J connectivity index is 2.15. The molecule has 0 aliphatic carbocycles. The summed E-state index contributed by atoms with van der Waals surface area (Å²) in [6.07, 6.45) is 3.10. The number of aromatic nitrogens is 1. The van der Waals surface area contributed by atoms with E-state index in [1.165, 1.54) is 19.4 Å². The van der Waals surface area contributed by atoms with Crippen LogP contribution in [-0.4, -0.2) is 37.4 Å². The summed E-state index contributed by atoms with van der Waals surface area (Å²) in [7, 11) is 1.31. The molecule has 0 radical (unpaired) electrons. The summed E-state index contributed by atoms with van der Waals surface area (Å²) in [6.45, 7) is 1.34. The number of rotatable bonds is 3. The lowest BCUT2D eigenvalue weighted by Gasteiger charge is -2.23. The first kappa shape index (κ1) is 12.6. The molecule has 0 unspecified atom stereocenters. The van der Waals surface area contributed by atoms with E-state index in [1.54, 1.807) is 0 Å². The number of pyridine rings is 1. The lowest BCUT2D eigenvalue weighted by molar-refractivity contribution is 0.0239. The van der Waals surface area contributed by atoms with Gasteiger partial charge in [0.1, 0.15) is 11.8 Å². The maximum Gasteiger partial charge on any atom is 0.340 e. The van der Waals surface area contributed by atoms with Crippen LogP contribution in [0, 0.1) is 0 Å². The van der Waals surface area contributed by atoms with Crippen molar-refractivity contribution in [3.8, 4) is 5.88 Å². The largest absolute Gasteiger partial charge is 0.473 e. The molecule has 0 atom stereocenters. The van der Waals surface area contributed by atoms with E-state index in [4.69, 9.17) is 15.2 Å². The molecule has 6 heteroatoms. The summed E-state index contributed by atoms with van der Waals surface area (Å²) in [5, 5.41) is 0. The van der Waals surface area contributed by atoms with Gasteiger partial charge >= 0.3 is 5.97 Å². The van der Waals surface area contributed by atoms with Gasteiger partial charge in [0.15, 0.2) is 0 Å². The Morgan fingerprint density at radius 1 is 1.50 bits per heavy atom. The Morgan fingerprint density at radius 3 is 2.89 bits per heavy atom. The van der Waals surface area contributed by atoms with Crippen LogP contribution in [0.4, 0.5) is 5.69 Å². The van der Waals surface area contributed by atoms with E-state index in [9.17, 15) is 4.79 Å². The number of carbonyl (C=O) groups is 1. The fourth-order valence-corrected chi connectivity index (χ4v) is 1.79. The van der Waals surface area contributed by atoms with Gasteiger partial charge in [0, 0.05) is 19.0 Å². The van der Waals surface area contributed by atoms with E-state index in [0.29, 0.717) is 13.2 Å². The molecule has 18 heavy (non-hydrogen) atoms. The Labute approximate surface area is 105 Å². The summed E-state index contributed by atoms with van der Waals surface area (Å²) >= 11 is 0. The molecule has 1 aromatic rings. The van der Waals surface area contributed by atoms with Crippen LogP contribution in [0.1, 0.15) is 23.2 Å². The van der Waals surface area contributed by atoms with Crippen LogP contribution in [0.15, 0.2) is 12.3 Å². The van der Waals surface area contributed by atoms with Crippen molar-refractivity contribution in [1.82, 2.24) is 4.98 Å². The van der Waals surface area contributed by atoms with Gasteiger partial charge in [-0.3, -0.25) is 0 Å². The molecular formula is C12H16N2O4. The molecule has 0 bridgehead atoms. The highest BCUT2D eigenvalue weighted by atomic mass is 16.5. The van der Waals surface area contributed by atoms with Crippen LogP contribution in [0.3, 0.4) is 0 Å². The Morgan fingerprint density at radius 2 is 2.22 bits per heavy atom. The smallest absolute Gasteiger partial charge is 0.340 e. The molecule has 1 saturated heterocycles. The van der Waals surface area contributed by atoms with Crippen molar-refractivity contribution in [2.24, 2.45) is 0 Å². The lowest BCUT2D eigenvalue weighted by atomic mass is 10.1. The number of nitrogens with two attached hydrogens (primary N) is 1. The van der Waals surface area contributed by atoms with Gasteiger partial charge in [-0.1, -0.05) is 0 Å². The van der Waals surface area contributed by atoms with E-state index in [1.807, 2.05) is 0 Å². The molecule has 0 spiro atoms. The second kappa shape index (κ2) is 5.68. The van der Waals surface area contributed by atoms with Crippen molar-refractivity contribution in [3.63, 3.8) is 0 Å². The maximum atomic E-state index is 11.5. The lowest BCUT2D eigenvalue weighted by Crippen LogP contribution is -2.26. The average molecular weight is 252 g/mol. The molecular weight excluding hydrogens is 236 g/mol. The van der Waals surface area contributed by atoms with E-state index < -0.39 is 5.97 Å². The van der Waals surface area contributed by atoms with Crippen LogP contribution in [0.2, 0.25) is 0 Å². The number of ether oxygens (including phenoxy) is 3. The Hall–Kier alpha value is -1.82. The van der Waals surface area contributed by atoms with Gasteiger partial charge in [-0.25, -0.2) is 9.78 Å². The highest BCUT2D eigenvalue weighted by molar-refractivity contribution is 5.95. The van der Waals surface area contributed by atoms with Gasteiger partial charge in [0.05, 0.1) is 25.9 Å². The minimum Gasteiger partial charge on any atom is -0.473 e. The predicted octanol–water partition coefficient (Wildman–Crippen LogP) is 1.01. The average Bonchev–Trinajstić information content (AvgIpc) is 2.41. The van der Waals surface area contributed by atoms with E-state index in [-0.39, 0.29) is 23.2 Å². The molecule has 0 aromatic carbocycles. The molecule has 0 saturated carbocycles. The Kier molecular flexibility index (Phi) is 3.99. The van der Waals surface area contributed by atoms with Crippen molar-refractivity contribution in [3.05, 3.63) is 17.8 Å². The van der Waals surface area contributed by atoms with E-state index in [2.05, 4.69) is 9.72 Å². The summed E-state index contributed by atoms with van der Waals surface area (Å²) in [4.78, 5) is 15.5. The van der Waals surface area contributed by atoms with Crippen molar-refractivity contribution >= 4 is 11.7 Å². The van der Waals surface area contributed by atoms with Crippen molar-refractivity contribution in [2.45, 2.75) is 18.9 Å². The van der Waals surface area contributed by atoms with E-state index >= 15 is 0 Å². The third-order valence-corrected chi connectivity index (χ3v) is 2.81. The predicted molar refractivity (Wildman–Crippen MR) is 64.5 cm³/mol. The number of carbonyl (C=O) groups excluding carboxylic acids is 1. The first-order valence-electron chi connectivity index (χ1n) is 5.79. The van der Waals surface area contributed by atoms with Crippen LogP contribution < -0.4 is 10.5 Å². The fourth-order valence-electron chi connectivity index (χ4n) is 1.79. The molecule has 2 heterocycles. The molecule has 2 rings (SSSR count). The zero-order chi connectivity index (χ0) is 13.0. The molecule has 1 aliphatic heterocycles. The normalized spacial score (nSPS) is 16.3. The van der Waals surface area contributed by atoms with Gasteiger partial charge < -0.3 is 19.9 Å². The van der Waals surface area contributed by atoms with Gasteiger partial charge in [0.2, 0.25) is 5.88 Å². The third kappa shape index (κ3) is 2.70. The second-order valence-electron chi connectivity index (χ2n) is 4.00. The van der Waals surface area contributed by atoms with Crippen molar-refractivity contribution in [1.29, 1.82) is 0 Å². The fraction of sp³-hybridized carbons (Fsp3) is 0.500. The SMILES string of the molecule is COC(=O)c1ccnc(OC2CCOCC2)c1N. The number of hydrogen-bond acceptors (Lipinski definition) is 6.